The molecule has 0 aromatic rings. The van der Waals surface area contributed by atoms with Crippen LogP contribution in [0.1, 0.15) is 6.42 Å². The van der Waals surface area contributed by atoms with E-state index in [1.54, 1.807) is 0 Å². The third-order valence-electron chi connectivity index (χ3n) is 0.568. The van der Waals surface area contributed by atoms with Gasteiger partial charge in [0, 0.05) is 6.54 Å². The largest absolute Gasteiger partial charge is 0.271 e. The van der Waals surface area contributed by atoms with E-state index in [0.717, 1.165) is 0 Å². The zero-order valence-electron chi connectivity index (χ0n) is 2.94. The smallest absolute Gasteiger partial charge is 0.00741 e. The van der Waals surface area contributed by atoms with Crippen molar-refractivity contribution in [2.24, 2.45) is 0 Å². The lowest BCUT2D eigenvalue weighted by Gasteiger charge is -1.73. The summed E-state index contributed by atoms with van der Waals surface area (Å²) in [6.07, 6.45) is 1.25. The summed E-state index contributed by atoms with van der Waals surface area (Å²) in [5.74, 6) is 2.22. The van der Waals surface area contributed by atoms with Crippen LogP contribution in [-0.4, -0.2) is 12.3 Å². The molecule has 1 heterocycles. The van der Waals surface area contributed by atoms with Crippen molar-refractivity contribution in [3.05, 3.63) is 0 Å². The van der Waals surface area contributed by atoms with Gasteiger partial charge in [0.2, 0.25) is 0 Å². The highest BCUT2D eigenvalue weighted by Crippen LogP contribution is 1.93. The van der Waals surface area contributed by atoms with Crippen LogP contribution in [0.5, 0.6) is 0 Å². The van der Waals surface area contributed by atoms with Gasteiger partial charge in [0.1, 0.15) is 0 Å². The van der Waals surface area contributed by atoms with Crippen molar-refractivity contribution in [2.45, 2.75) is 6.42 Å². The van der Waals surface area contributed by atoms with Crippen LogP contribution in [0.25, 0.3) is 0 Å². The summed E-state index contributed by atoms with van der Waals surface area (Å²) in [7, 11) is 1.32. The Kier molecular flexibility index (Phi) is 1.02. The molecule has 5 heavy (non-hydrogen) atoms. The Hall–Kier alpha value is 0.130. The molecule has 0 aromatic heterocycles. The van der Waals surface area contributed by atoms with Crippen molar-refractivity contribution in [1.82, 2.24) is 5.09 Å². The Morgan fingerprint density at radius 1 is 1.80 bits per heavy atom. The molecule has 0 aromatic carbocycles. The fourth-order valence-electron chi connectivity index (χ4n) is 0.323. The van der Waals surface area contributed by atoms with Gasteiger partial charge < -0.3 is 0 Å². The van der Waals surface area contributed by atoms with Crippen LogP contribution >= 0.6 is 8.35 Å². The van der Waals surface area contributed by atoms with Crippen LogP contribution in [0.2, 0.25) is 0 Å². The molecule has 1 nitrogen and oxygen atoms in total. The van der Waals surface area contributed by atoms with Gasteiger partial charge in [-0.25, -0.2) is 0 Å². The highest BCUT2D eigenvalue weighted by Gasteiger charge is 1.83. The van der Waals surface area contributed by atoms with Crippen LogP contribution in [0.3, 0.4) is 0 Å². The van der Waals surface area contributed by atoms with Gasteiger partial charge >= 0.3 is 0 Å². The molecular weight excluding hydrogens is 81.0 g/mol. The van der Waals surface area contributed by atoms with Gasteiger partial charge in [-0.15, -0.1) is 0 Å². The summed E-state index contributed by atoms with van der Waals surface area (Å²) in [4.78, 5) is 0. The summed E-state index contributed by atoms with van der Waals surface area (Å²) in [5, 5.41) is 3.14. The van der Waals surface area contributed by atoms with E-state index in [2.05, 4.69) is 10.9 Å². The van der Waals surface area contributed by atoms with Crippen molar-refractivity contribution in [3.63, 3.8) is 0 Å². The normalized spacial score (nSPS) is 24.0. The lowest BCUT2D eigenvalue weighted by Crippen LogP contribution is -1.91. The van der Waals surface area contributed by atoms with Gasteiger partial charge in [-0.2, -0.15) is 0 Å². The van der Waals surface area contributed by atoms with E-state index in [1.807, 2.05) is 0 Å². The number of nitrogens with one attached hydrogen (secondary N) is 1. The minimum atomic E-state index is 1.18. The minimum Gasteiger partial charge on any atom is -0.271 e. The Labute approximate surface area is 33.2 Å². The molecule has 0 radical (unpaired) electrons. The molecule has 0 saturated carbocycles. The monoisotopic (exact) mass is 87.0 g/mol. The lowest BCUT2D eigenvalue weighted by molar-refractivity contribution is 1.00. The predicted molar refractivity (Wildman–Crippen MR) is 25.6 cm³/mol. The van der Waals surface area contributed by atoms with E-state index < -0.39 is 0 Å². The maximum Gasteiger partial charge on any atom is 0.00741 e. The van der Waals surface area contributed by atoms with E-state index in [-0.39, 0.29) is 0 Å². The second-order valence-corrected chi connectivity index (χ2v) is 1.95. The van der Waals surface area contributed by atoms with Crippen LogP contribution < -0.4 is 5.09 Å². The maximum absolute atomic E-state index is 3.14. The van der Waals surface area contributed by atoms with Crippen LogP contribution in [0.4, 0.5) is 0 Å². The summed E-state index contributed by atoms with van der Waals surface area (Å²) in [6, 6.07) is 0. The van der Waals surface area contributed by atoms with Crippen LogP contribution in [-0.2, 0) is 0 Å². The van der Waals surface area contributed by atoms with Gasteiger partial charge in [0.05, 0.1) is 0 Å². The molecule has 0 fully saturated rings. The van der Waals surface area contributed by atoms with Crippen molar-refractivity contribution in [3.8, 4) is 0 Å². The molecule has 1 aliphatic rings. The molecule has 1 aliphatic heterocycles. The number of hydrogen-bond acceptors (Lipinski definition) is 1. The fourth-order valence-corrected chi connectivity index (χ4v) is 0.968. The Balaban J connectivity index is 2.32. The first kappa shape index (κ1) is 3.32. The van der Waals surface area contributed by atoms with E-state index in [9.17, 15) is 0 Å². The van der Waals surface area contributed by atoms with Gasteiger partial charge in [-0.3, -0.25) is 5.09 Å². The van der Waals surface area contributed by atoms with Gasteiger partial charge in [0.25, 0.3) is 0 Å². The Morgan fingerprint density at radius 3 is 3.00 bits per heavy atom. The summed E-state index contributed by atoms with van der Waals surface area (Å²) in [5.41, 5.74) is 0. The zero-order chi connectivity index (χ0) is 3.54. The first-order valence-electron chi connectivity index (χ1n) is 1.74. The van der Waals surface area contributed by atoms with E-state index in [1.165, 1.54) is 21.3 Å². The van der Waals surface area contributed by atoms with E-state index in [4.69, 9.17) is 0 Å². The van der Waals surface area contributed by atoms with Crippen molar-refractivity contribution in [2.75, 3.05) is 6.54 Å². The van der Waals surface area contributed by atoms with Crippen molar-refractivity contribution in [1.29, 1.82) is 0 Å². The summed E-state index contributed by atoms with van der Waals surface area (Å²) in [6.45, 7) is 1.18. The van der Waals surface area contributed by atoms with Crippen LogP contribution in [0, 0.1) is 0 Å². The zero-order valence-corrected chi connectivity index (χ0v) is 3.83. The van der Waals surface area contributed by atoms with Gasteiger partial charge in [-0.05, 0) is 20.6 Å². The molecule has 0 amide bonds. The third-order valence-corrected chi connectivity index (χ3v) is 1.41. The molecule has 0 saturated heterocycles. The molecule has 0 aliphatic carbocycles. The molecule has 1 rings (SSSR count). The number of hydrogen-bond donors (Lipinski definition) is 1. The first-order chi connectivity index (χ1) is 2.50. The Bertz CT molecular complexity index is 44.9. The van der Waals surface area contributed by atoms with Gasteiger partial charge in [-0.1, -0.05) is 0 Å². The molecule has 0 bridgehead atoms. The van der Waals surface area contributed by atoms with Crippen LogP contribution in [0.15, 0.2) is 0 Å². The molecular formula is C3H6NP. The standard InChI is InChI=1S/C3H6NP/c1-2-4-5-3-1/h3-4H,1-2H2. The van der Waals surface area contributed by atoms with Gasteiger partial charge in [0.15, 0.2) is 0 Å². The highest BCUT2D eigenvalue weighted by molar-refractivity contribution is 7.36. The molecule has 2 heteroatoms. The fraction of sp³-hybridized carbons (Fsp3) is 0.667. The predicted octanol–water partition coefficient (Wildman–Crippen LogP) is 0.643. The average molecular weight is 87.1 g/mol. The summed E-state index contributed by atoms with van der Waals surface area (Å²) < 4.78 is 0. The number of rotatable bonds is 0. The average Bonchev–Trinajstić information content (AvgIpc) is 1.76. The quantitative estimate of drug-likeness (QED) is 0.427. The molecule has 0 unspecified atom stereocenters. The van der Waals surface area contributed by atoms with E-state index in [0.29, 0.717) is 0 Å². The first-order valence-corrected chi connectivity index (χ1v) is 2.71. The SMILES string of the molecule is C1=PNCC1. The summed E-state index contributed by atoms with van der Waals surface area (Å²) >= 11 is 0. The second kappa shape index (κ2) is 1.54. The third kappa shape index (κ3) is 0.712. The second-order valence-electron chi connectivity index (χ2n) is 1.01. The molecule has 28 valence electrons. The Morgan fingerprint density at radius 2 is 2.80 bits per heavy atom. The maximum atomic E-state index is 3.14. The minimum absolute atomic E-state index is 1.18. The van der Waals surface area contributed by atoms with E-state index >= 15 is 0 Å². The van der Waals surface area contributed by atoms with Crippen molar-refractivity contribution >= 4 is 14.2 Å². The lowest BCUT2D eigenvalue weighted by atomic mass is 10.5. The topological polar surface area (TPSA) is 12.0 Å². The highest BCUT2D eigenvalue weighted by atomic mass is 31.1. The van der Waals surface area contributed by atoms with Crippen molar-refractivity contribution < 1.29 is 0 Å². The molecule has 1 N–H and O–H groups in total. The molecule has 0 spiro atoms. The molecule has 0 atom stereocenters.